The van der Waals surface area contributed by atoms with Crippen LogP contribution in [0.1, 0.15) is 44.5 Å². The van der Waals surface area contributed by atoms with Crippen molar-refractivity contribution in [3.63, 3.8) is 0 Å². The zero-order valence-electron chi connectivity index (χ0n) is 65.7. The van der Waals surface area contributed by atoms with Gasteiger partial charge in [-0.15, -0.1) is 0 Å². The van der Waals surface area contributed by atoms with Crippen LogP contribution in [0.15, 0.2) is 432 Å². The average Bonchev–Trinajstić information content (AvgIpc) is 1.47. The van der Waals surface area contributed by atoms with Crippen molar-refractivity contribution in [2.24, 2.45) is 0 Å². The van der Waals surface area contributed by atoms with E-state index < -0.39 is 10.8 Å². The second-order valence-corrected chi connectivity index (χ2v) is 33.5. The summed E-state index contributed by atoms with van der Waals surface area (Å²) in [6.07, 6.45) is 0. The van der Waals surface area contributed by atoms with Crippen molar-refractivity contribution in [1.29, 1.82) is 0 Å². The van der Waals surface area contributed by atoms with E-state index in [0.717, 1.165) is 94.0 Å². The number of hydrogen-bond donors (Lipinski definition) is 0. The smallest absolute Gasteiger partial charge is 0.164 e. The summed E-state index contributed by atoms with van der Waals surface area (Å²) in [5.74, 6) is 3.74. The minimum absolute atomic E-state index is 0.498. The molecular formula is C112H68N8S2. The molecule has 17 aromatic carbocycles. The lowest BCUT2D eigenvalue weighted by atomic mass is 9.67. The van der Waals surface area contributed by atoms with E-state index >= 15 is 0 Å². The molecule has 0 saturated carbocycles. The Morgan fingerprint density at radius 1 is 0.172 bits per heavy atom. The Kier molecular flexibility index (Phi) is 16.8. The van der Waals surface area contributed by atoms with Crippen LogP contribution in [0.3, 0.4) is 0 Å². The van der Waals surface area contributed by atoms with Crippen LogP contribution in [0, 0.1) is 0 Å². The molecule has 0 atom stereocenters. The topological polar surface area (TPSA) is 103 Å². The molecule has 2 aliphatic heterocycles. The van der Waals surface area contributed by atoms with Gasteiger partial charge in [-0.2, -0.15) is 0 Å². The molecule has 0 amide bonds. The van der Waals surface area contributed by atoms with E-state index in [1.54, 1.807) is 0 Å². The van der Waals surface area contributed by atoms with E-state index in [9.17, 15) is 0 Å². The molecule has 8 nitrogen and oxygen atoms in total. The zero-order valence-corrected chi connectivity index (χ0v) is 67.3. The summed E-state index contributed by atoms with van der Waals surface area (Å²) in [6.45, 7) is 0. The van der Waals surface area contributed by atoms with Crippen LogP contribution >= 0.6 is 23.5 Å². The summed E-state index contributed by atoms with van der Waals surface area (Å²) >= 11 is 3.75. The van der Waals surface area contributed by atoms with Gasteiger partial charge in [0.25, 0.3) is 0 Å². The van der Waals surface area contributed by atoms with Crippen molar-refractivity contribution in [3.05, 3.63) is 457 Å². The summed E-state index contributed by atoms with van der Waals surface area (Å²) in [5.41, 5.74) is 28.4. The first-order chi connectivity index (χ1) is 60.5. The Hall–Kier alpha value is -15.2. The van der Waals surface area contributed by atoms with Gasteiger partial charge in [-0.1, -0.05) is 388 Å². The van der Waals surface area contributed by atoms with Gasteiger partial charge in [-0.05, 0) is 126 Å². The molecule has 0 bridgehead atoms. The standard InChI is InChI=1S/C59H36N4S.C53H32N4S/c1-4-16-37(17-5-1)38-28-30-41(31-29-38)57-61-56(40-20-8-3-9-21-40)62-58(63-57)42-32-35-51-46(36-42)53-45(54(60-51)39-18-6-2-7-19-39)33-34-50-55(53)64-52-27-15-14-26-49(52)59(50)47-24-12-10-22-43(47)44-23-11-13-25-48(44)59;1-4-16-33(17-5-1)48-39-29-30-44-49(58-46-27-15-14-26-43(46)53(44)41-24-12-10-22-37(41)38-23-11-13-25-42(38)53)47(39)40-32-36(28-31-45(40)54-48)52-56-50(34-18-6-2-7-19-34)55-51(57-52)35-20-8-3-9-21-35/h1-36H;1-32H. The molecule has 0 radical (unpaired) electrons. The second-order valence-electron chi connectivity index (χ2n) is 31.4. The van der Waals surface area contributed by atoms with Gasteiger partial charge in [0.05, 0.1) is 33.3 Å². The van der Waals surface area contributed by atoms with E-state index in [1.807, 2.05) is 108 Å². The SMILES string of the molecule is c1ccc(-c2ccc(-c3nc(-c4ccccc4)nc(-c4ccc5nc(-c6ccccc6)c6ccc7c(c6c5c4)Sc4ccccc4C74c5ccccc5-c5ccccc54)n3)cc2)cc1.c1ccc(-c2nc(-c3ccccc3)nc(-c3ccc4nc(-c5ccccc5)c5ccc6c(c5c4c3)Sc3ccccc3C63c4ccccc4-c4ccccc43)n2)cc1. The Balaban J connectivity index is 0.000000139. The Labute approximate surface area is 713 Å². The van der Waals surface area contributed by atoms with Crippen LogP contribution in [0.4, 0.5) is 0 Å². The van der Waals surface area contributed by atoms with Crippen molar-refractivity contribution >= 4 is 66.9 Å². The summed E-state index contributed by atoms with van der Waals surface area (Å²) in [7, 11) is 0. The summed E-state index contributed by atoms with van der Waals surface area (Å²) < 4.78 is 0. The molecular weight excluding hydrogens is 1520 g/mol. The average molecular weight is 1590 g/mol. The third-order valence-electron chi connectivity index (χ3n) is 24.8. The molecule has 2 aliphatic carbocycles. The number of pyridine rings is 2. The fourth-order valence-electron chi connectivity index (χ4n) is 19.4. The molecule has 2 spiro atoms. The quantitative estimate of drug-likeness (QED) is 0.130. The third kappa shape index (κ3) is 11.3. The largest absolute Gasteiger partial charge is 0.247 e. The Morgan fingerprint density at radius 3 is 0.770 bits per heavy atom. The van der Waals surface area contributed by atoms with E-state index in [0.29, 0.717) is 34.9 Å². The maximum absolute atomic E-state index is 5.46. The molecule has 4 aliphatic rings. The van der Waals surface area contributed by atoms with E-state index in [4.69, 9.17) is 39.9 Å². The number of benzene rings is 17. The molecule has 0 unspecified atom stereocenters. The first-order valence-electron chi connectivity index (χ1n) is 41.2. The van der Waals surface area contributed by atoms with Crippen LogP contribution in [-0.4, -0.2) is 39.9 Å². The fraction of sp³-hybridized carbons (Fsp3) is 0.0179. The lowest BCUT2D eigenvalue weighted by Crippen LogP contribution is -2.32. The van der Waals surface area contributed by atoms with Gasteiger partial charge in [0.1, 0.15) is 0 Å². The highest BCUT2D eigenvalue weighted by Gasteiger charge is 2.52. The highest BCUT2D eigenvalue weighted by Crippen LogP contribution is 2.66. The number of hydrogen-bond acceptors (Lipinski definition) is 10. The van der Waals surface area contributed by atoms with E-state index in [-0.39, 0.29) is 0 Å². The van der Waals surface area contributed by atoms with E-state index in [2.05, 4.69) is 328 Å². The van der Waals surface area contributed by atoms with Crippen LogP contribution < -0.4 is 0 Å². The van der Waals surface area contributed by atoms with Gasteiger partial charge in [0, 0.05) is 96.4 Å². The molecule has 6 heterocycles. The van der Waals surface area contributed by atoms with Crippen molar-refractivity contribution in [2.45, 2.75) is 30.4 Å². The number of rotatable bonds is 9. The normalized spacial score (nSPS) is 13.1. The number of nitrogens with zero attached hydrogens (tertiary/aromatic N) is 8. The van der Waals surface area contributed by atoms with Gasteiger partial charge in [0.2, 0.25) is 0 Å². The van der Waals surface area contributed by atoms with Crippen molar-refractivity contribution < 1.29 is 0 Å². The van der Waals surface area contributed by atoms with Crippen LogP contribution in [0.5, 0.6) is 0 Å². The van der Waals surface area contributed by atoms with Gasteiger partial charge in [0.15, 0.2) is 34.9 Å². The van der Waals surface area contributed by atoms with Gasteiger partial charge in [-0.25, -0.2) is 39.9 Å². The van der Waals surface area contributed by atoms with Crippen LogP contribution in [0.25, 0.3) is 168 Å². The van der Waals surface area contributed by atoms with Crippen molar-refractivity contribution in [1.82, 2.24) is 39.9 Å². The van der Waals surface area contributed by atoms with Gasteiger partial charge in [-0.3, -0.25) is 0 Å². The maximum Gasteiger partial charge on any atom is 0.164 e. The minimum Gasteiger partial charge on any atom is -0.247 e. The fourth-order valence-corrected chi connectivity index (χ4v) is 22.1. The molecule has 0 fully saturated rings. The minimum atomic E-state index is -0.511. The third-order valence-corrected chi connectivity index (χ3v) is 27.2. The van der Waals surface area contributed by atoms with Crippen molar-refractivity contribution in [2.75, 3.05) is 0 Å². The van der Waals surface area contributed by atoms with Crippen molar-refractivity contribution in [3.8, 4) is 124 Å². The Bertz CT molecular complexity index is 7660. The molecule has 4 aromatic heterocycles. The maximum atomic E-state index is 5.46. The molecule has 21 aromatic rings. The summed E-state index contributed by atoms with van der Waals surface area (Å²) in [6, 6.07) is 147. The van der Waals surface area contributed by atoms with E-state index in [1.165, 1.54) is 103 Å². The molecule has 0 N–H and O–H groups in total. The predicted octanol–water partition coefficient (Wildman–Crippen LogP) is 27.8. The highest BCUT2D eigenvalue weighted by atomic mass is 32.2. The lowest BCUT2D eigenvalue weighted by molar-refractivity contribution is 0.726. The molecule has 25 rings (SSSR count). The molecule has 0 saturated heterocycles. The Morgan fingerprint density at radius 2 is 0.426 bits per heavy atom. The first-order valence-corrected chi connectivity index (χ1v) is 42.8. The summed E-state index contributed by atoms with van der Waals surface area (Å²) in [4.78, 5) is 46.6. The predicted molar refractivity (Wildman–Crippen MR) is 497 cm³/mol. The molecule has 122 heavy (non-hydrogen) atoms. The summed E-state index contributed by atoms with van der Waals surface area (Å²) in [5, 5.41) is 6.70. The first kappa shape index (κ1) is 71.0. The molecule has 10 heteroatoms. The van der Waals surface area contributed by atoms with Gasteiger partial charge < -0.3 is 0 Å². The van der Waals surface area contributed by atoms with Crippen LogP contribution in [0.2, 0.25) is 0 Å². The number of aromatic nitrogens is 8. The second kappa shape index (κ2) is 28.8. The zero-order chi connectivity index (χ0) is 80.4. The highest BCUT2D eigenvalue weighted by molar-refractivity contribution is 8.00. The molecule has 568 valence electrons. The van der Waals surface area contributed by atoms with Crippen LogP contribution in [-0.2, 0) is 10.8 Å². The van der Waals surface area contributed by atoms with Gasteiger partial charge >= 0.3 is 0 Å². The number of fused-ring (bicyclic) bond motifs is 26. The lowest BCUT2D eigenvalue weighted by Gasteiger charge is -2.40. The monoisotopic (exact) mass is 1590 g/mol.